The Labute approximate surface area is 92.8 Å². The van der Waals surface area contributed by atoms with Gasteiger partial charge in [-0.15, -0.1) is 6.42 Å². The summed E-state index contributed by atoms with van der Waals surface area (Å²) in [4.78, 5) is 0. The molecular formula is C15H18. The highest BCUT2D eigenvalue weighted by molar-refractivity contribution is 5.26. The molecule has 1 fully saturated rings. The van der Waals surface area contributed by atoms with Crippen LogP contribution in [0.4, 0.5) is 0 Å². The SMILES string of the molecule is C#C/C=C\C(=C/C)CC1CC2C=CC1C2. The van der Waals surface area contributed by atoms with Crippen molar-refractivity contribution in [1.82, 2.24) is 0 Å². The van der Waals surface area contributed by atoms with Crippen molar-refractivity contribution in [3.8, 4) is 12.3 Å². The van der Waals surface area contributed by atoms with E-state index < -0.39 is 0 Å². The molecule has 0 saturated heterocycles. The molecule has 0 amide bonds. The second-order valence-electron chi connectivity index (χ2n) is 4.61. The lowest BCUT2D eigenvalue weighted by molar-refractivity contribution is 0.447. The van der Waals surface area contributed by atoms with Crippen LogP contribution in [0.5, 0.6) is 0 Å². The van der Waals surface area contributed by atoms with Crippen LogP contribution in [0.1, 0.15) is 26.2 Å². The van der Waals surface area contributed by atoms with Gasteiger partial charge in [0.15, 0.2) is 0 Å². The molecule has 2 bridgehead atoms. The molecule has 0 N–H and O–H groups in total. The first kappa shape index (κ1) is 10.3. The zero-order chi connectivity index (χ0) is 10.7. The molecule has 0 nitrogen and oxygen atoms in total. The molecule has 0 aliphatic heterocycles. The highest BCUT2D eigenvalue weighted by atomic mass is 14.4. The Hall–Kier alpha value is -1.22. The van der Waals surface area contributed by atoms with Crippen LogP contribution in [0.2, 0.25) is 0 Å². The van der Waals surface area contributed by atoms with Crippen molar-refractivity contribution in [2.45, 2.75) is 26.2 Å². The van der Waals surface area contributed by atoms with Gasteiger partial charge in [0.2, 0.25) is 0 Å². The van der Waals surface area contributed by atoms with E-state index in [4.69, 9.17) is 6.42 Å². The van der Waals surface area contributed by atoms with E-state index in [2.05, 4.69) is 37.1 Å². The molecule has 0 spiro atoms. The van der Waals surface area contributed by atoms with Crippen molar-refractivity contribution >= 4 is 0 Å². The lowest BCUT2D eigenvalue weighted by atomic mass is 9.87. The summed E-state index contributed by atoms with van der Waals surface area (Å²) in [5.74, 6) is 5.12. The van der Waals surface area contributed by atoms with E-state index in [1.807, 2.05) is 0 Å². The maximum atomic E-state index is 5.23. The highest BCUT2D eigenvalue weighted by Gasteiger charge is 2.35. The van der Waals surface area contributed by atoms with Gasteiger partial charge in [-0.3, -0.25) is 0 Å². The Kier molecular flexibility index (Phi) is 3.11. The van der Waals surface area contributed by atoms with Crippen molar-refractivity contribution in [3.63, 3.8) is 0 Å². The predicted octanol–water partition coefficient (Wildman–Crippen LogP) is 3.72. The molecule has 0 aromatic carbocycles. The van der Waals surface area contributed by atoms with Crippen LogP contribution in [-0.4, -0.2) is 0 Å². The third-order valence-corrected chi connectivity index (χ3v) is 3.68. The minimum atomic E-state index is 0.837. The van der Waals surface area contributed by atoms with Crippen molar-refractivity contribution < 1.29 is 0 Å². The Morgan fingerprint density at radius 2 is 2.33 bits per heavy atom. The second kappa shape index (κ2) is 4.53. The first-order valence-electron chi connectivity index (χ1n) is 5.79. The summed E-state index contributed by atoms with van der Waals surface area (Å²) in [6.07, 6.45) is 20.1. The summed E-state index contributed by atoms with van der Waals surface area (Å²) in [6, 6.07) is 0. The number of allylic oxidation sites excluding steroid dienone is 6. The fraction of sp³-hybridized carbons (Fsp3) is 0.467. The van der Waals surface area contributed by atoms with Gasteiger partial charge in [0, 0.05) is 0 Å². The molecule has 2 rings (SSSR count). The van der Waals surface area contributed by atoms with Gasteiger partial charge in [-0.05, 0) is 50.0 Å². The topological polar surface area (TPSA) is 0 Å². The lowest BCUT2D eigenvalue weighted by Gasteiger charge is -2.18. The fourth-order valence-corrected chi connectivity index (χ4v) is 2.87. The van der Waals surface area contributed by atoms with Gasteiger partial charge in [-0.2, -0.15) is 0 Å². The number of terminal acetylenes is 1. The Balaban J connectivity index is 1.95. The van der Waals surface area contributed by atoms with E-state index in [0.29, 0.717) is 0 Å². The van der Waals surface area contributed by atoms with E-state index in [1.54, 1.807) is 6.08 Å². The van der Waals surface area contributed by atoms with E-state index in [9.17, 15) is 0 Å². The maximum Gasteiger partial charge on any atom is -0.0119 e. The van der Waals surface area contributed by atoms with Crippen LogP contribution >= 0.6 is 0 Å². The zero-order valence-electron chi connectivity index (χ0n) is 9.32. The summed E-state index contributed by atoms with van der Waals surface area (Å²) in [5, 5.41) is 0. The van der Waals surface area contributed by atoms with Crippen LogP contribution in [-0.2, 0) is 0 Å². The van der Waals surface area contributed by atoms with E-state index in [1.165, 1.54) is 24.8 Å². The zero-order valence-corrected chi connectivity index (χ0v) is 9.32. The average Bonchev–Trinajstić information content (AvgIpc) is 2.85. The second-order valence-corrected chi connectivity index (χ2v) is 4.61. The standard InChI is InChI=1S/C15H18/c1-3-5-6-12(4-2)9-15-11-13-7-8-14(15)10-13/h1,4-8,13-15H,9-11H2,2H3/b6-5-,12-4+. The number of fused-ring (bicyclic) bond motifs is 2. The molecule has 0 radical (unpaired) electrons. The molecular weight excluding hydrogens is 180 g/mol. The molecule has 0 heterocycles. The van der Waals surface area contributed by atoms with Gasteiger partial charge in [-0.1, -0.05) is 35.8 Å². The Morgan fingerprint density at radius 3 is 2.87 bits per heavy atom. The van der Waals surface area contributed by atoms with Gasteiger partial charge >= 0.3 is 0 Å². The first-order valence-corrected chi connectivity index (χ1v) is 5.79. The molecule has 15 heavy (non-hydrogen) atoms. The fourth-order valence-electron chi connectivity index (χ4n) is 2.87. The largest absolute Gasteiger partial charge is 0.115 e. The molecule has 3 unspecified atom stereocenters. The molecule has 2 aliphatic rings. The Morgan fingerprint density at radius 1 is 1.47 bits per heavy atom. The molecule has 0 aromatic heterocycles. The lowest BCUT2D eigenvalue weighted by Crippen LogP contribution is -2.07. The average molecular weight is 198 g/mol. The van der Waals surface area contributed by atoms with Gasteiger partial charge < -0.3 is 0 Å². The summed E-state index contributed by atoms with van der Waals surface area (Å²) in [6.45, 7) is 2.10. The smallest absolute Gasteiger partial charge is 0.0119 e. The van der Waals surface area contributed by atoms with E-state index in [0.717, 1.165) is 17.8 Å². The van der Waals surface area contributed by atoms with E-state index in [-0.39, 0.29) is 0 Å². The van der Waals surface area contributed by atoms with Gasteiger partial charge in [0.1, 0.15) is 0 Å². The van der Waals surface area contributed by atoms with Crippen LogP contribution in [0.3, 0.4) is 0 Å². The quantitative estimate of drug-likeness (QED) is 0.368. The minimum Gasteiger partial charge on any atom is -0.115 e. The summed E-state index contributed by atoms with van der Waals surface area (Å²) in [5.41, 5.74) is 1.39. The number of hydrogen-bond donors (Lipinski definition) is 0. The van der Waals surface area contributed by atoms with Crippen molar-refractivity contribution in [2.75, 3.05) is 0 Å². The van der Waals surface area contributed by atoms with Crippen molar-refractivity contribution in [3.05, 3.63) is 36.0 Å². The minimum absolute atomic E-state index is 0.837. The molecule has 3 atom stereocenters. The maximum absolute atomic E-state index is 5.23. The highest BCUT2D eigenvalue weighted by Crippen LogP contribution is 2.45. The summed E-state index contributed by atoms with van der Waals surface area (Å²) >= 11 is 0. The third kappa shape index (κ3) is 2.23. The number of hydrogen-bond acceptors (Lipinski definition) is 0. The van der Waals surface area contributed by atoms with Gasteiger partial charge in [-0.25, -0.2) is 0 Å². The van der Waals surface area contributed by atoms with Crippen molar-refractivity contribution in [1.29, 1.82) is 0 Å². The molecule has 1 saturated carbocycles. The molecule has 0 heteroatoms. The number of rotatable bonds is 3. The van der Waals surface area contributed by atoms with Crippen LogP contribution < -0.4 is 0 Å². The van der Waals surface area contributed by atoms with Crippen molar-refractivity contribution in [2.24, 2.45) is 17.8 Å². The molecule has 78 valence electrons. The Bertz CT molecular complexity index is 349. The summed E-state index contributed by atoms with van der Waals surface area (Å²) < 4.78 is 0. The first-order chi connectivity index (χ1) is 7.33. The molecule has 0 aromatic rings. The monoisotopic (exact) mass is 198 g/mol. The van der Waals surface area contributed by atoms with Crippen LogP contribution in [0, 0.1) is 30.1 Å². The van der Waals surface area contributed by atoms with Crippen LogP contribution in [0.15, 0.2) is 36.0 Å². The van der Waals surface area contributed by atoms with E-state index >= 15 is 0 Å². The third-order valence-electron chi connectivity index (χ3n) is 3.68. The predicted molar refractivity (Wildman–Crippen MR) is 65.2 cm³/mol. The molecule has 2 aliphatic carbocycles. The normalized spacial score (nSPS) is 33.9. The van der Waals surface area contributed by atoms with Crippen LogP contribution in [0.25, 0.3) is 0 Å². The van der Waals surface area contributed by atoms with Gasteiger partial charge in [0.05, 0.1) is 0 Å². The summed E-state index contributed by atoms with van der Waals surface area (Å²) in [7, 11) is 0. The van der Waals surface area contributed by atoms with Gasteiger partial charge in [0.25, 0.3) is 0 Å².